The second kappa shape index (κ2) is 41.1. The number of aromatic nitrogens is 10. The Morgan fingerprint density at radius 3 is 1.61 bits per heavy atom. The first-order valence-electron chi connectivity index (χ1n) is 39.6. The van der Waals surface area contributed by atoms with Gasteiger partial charge in [-0.25, -0.2) is 14.4 Å². The molecule has 0 atom stereocenters. The summed E-state index contributed by atoms with van der Waals surface area (Å²) in [7, 11) is 3.89. The van der Waals surface area contributed by atoms with Crippen LogP contribution in [0.25, 0.3) is 44.8 Å². The monoisotopic (exact) mass is 1730 g/mol. The summed E-state index contributed by atoms with van der Waals surface area (Å²) < 4.78 is 25.2. The molecule has 3 N–H and O–H groups in total. The molecule has 0 amide bonds. The zero-order chi connectivity index (χ0) is 81.7. The first-order valence-corrected chi connectivity index (χ1v) is 43.8. The topological polar surface area (TPSA) is 197 Å². The fourth-order valence-corrected chi connectivity index (χ4v) is 18.4. The van der Waals surface area contributed by atoms with Gasteiger partial charge in [-0.1, -0.05) is 231 Å². The van der Waals surface area contributed by atoms with Gasteiger partial charge in [0.25, 0.3) is 0 Å². The van der Waals surface area contributed by atoms with Crippen molar-refractivity contribution in [2.45, 2.75) is 213 Å². The molecule has 12 aromatic rings. The number of aromatic amines is 1. The molecule has 5 heterocycles. The first-order chi connectivity index (χ1) is 54.7. The predicted molar refractivity (Wildman–Crippen MR) is 467 cm³/mol. The molecule has 15 rings (SSSR count). The van der Waals surface area contributed by atoms with E-state index >= 15 is 0 Å². The number of benzene rings is 8. The van der Waals surface area contributed by atoms with Crippen molar-refractivity contribution in [1.82, 2.24) is 48.7 Å². The number of nitrogens with one attached hydrogen (secondary N) is 1. The van der Waals surface area contributed by atoms with Crippen molar-refractivity contribution in [3.05, 3.63) is 291 Å². The van der Waals surface area contributed by atoms with Crippen molar-refractivity contribution < 1.29 is 37.0 Å². The van der Waals surface area contributed by atoms with Crippen LogP contribution in [-0.4, -0.2) is 90.0 Å². The normalized spacial score (nSPS) is 14.7. The van der Waals surface area contributed by atoms with Gasteiger partial charge in [-0.2, -0.15) is 34.4 Å². The van der Waals surface area contributed by atoms with Crippen LogP contribution in [0.4, 0.5) is 10.5 Å². The molecule has 3 aliphatic rings. The van der Waals surface area contributed by atoms with Crippen LogP contribution >= 0.6 is 33.4 Å². The Hall–Kier alpha value is -8.82. The Bertz CT molecular complexity index is 5030. The zero-order valence-corrected chi connectivity index (χ0v) is 72.8. The third kappa shape index (κ3) is 23.5. The Balaban J connectivity index is 0.000000154. The molecule has 4 aromatic heterocycles. The molecule has 0 spiro atoms. The Labute approximate surface area is 698 Å². The van der Waals surface area contributed by atoms with Crippen LogP contribution in [0.3, 0.4) is 0 Å². The van der Waals surface area contributed by atoms with E-state index in [1.807, 2.05) is 212 Å². The summed E-state index contributed by atoms with van der Waals surface area (Å²) in [5.74, 6) is 1.64. The maximum absolute atomic E-state index is 12.5. The van der Waals surface area contributed by atoms with E-state index in [1.54, 1.807) is 62.4 Å². The van der Waals surface area contributed by atoms with E-state index in [1.165, 1.54) is 84.7 Å². The average molecular weight is 1730 g/mol. The van der Waals surface area contributed by atoms with E-state index in [2.05, 4.69) is 153 Å². The summed E-state index contributed by atoms with van der Waals surface area (Å²) in [6.07, 6.45) is 24.0. The molecule has 17 nitrogen and oxygen atoms in total. The summed E-state index contributed by atoms with van der Waals surface area (Å²) in [4.78, 5) is 36.8. The summed E-state index contributed by atoms with van der Waals surface area (Å²) in [6.45, 7) is 28.6. The van der Waals surface area contributed by atoms with Gasteiger partial charge in [0.05, 0.1) is 41.9 Å². The van der Waals surface area contributed by atoms with Gasteiger partial charge in [-0.15, -0.1) is 35.9 Å². The van der Waals surface area contributed by atoms with E-state index < -0.39 is 30.0 Å². The van der Waals surface area contributed by atoms with Gasteiger partial charge in [0.1, 0.15) is 18.3 Å². The third-order valence-corrected chi connectivity index (χ3v) is 25.1. The number of nitrogens with zero attached hydrogens (tertiary/aromatic N) is 9. The molecule has 22 heteroatoms. The Kier molecular flexibility index (Phi) is 31.6. The van der Waals surface area contributed by atoms with Crippen molar-refractivity contribution >= 4 is 63.0 Å². The molecule has 600 valence electrons. The third-order valence-electron chi connectivity index (χ3n) is 21.0. The van der Waals surface area contributed by atoms with Gasteiger partial charge in [0.15, 0.2) is 0 Å². The summed E-state index contributed by atoms with van der Waals surface area (Å²) in [5, 5.41) is 20.9. The molecule has 2 saturated carbocycles. The Morgan fingerprint density at radius 2 is 1.13 bits per heavy atom. The van der Waals surface area contributed by atoms with E-state index in [-0.39, 0.29) is 19.3 Å². The number of H-pyrrole nitrogens is 1. The summed E-state index contributed by atoms with van der Waals surface area (Å²) in [5.41, 5.74) is 22.9. The van der Waals surface area contributed by atoms with Gasteiger partial charge >= 0.3 is 52.3 Å². The van der Waals surface area contributed by atoms with Crippen LogP contribution in [0.15, 0.2) is 246 Å². The van der Waals surface area contributed by atoms with Gasteiger partial charge in [-0.3, -0.25) is 14.2 Å². The number of anilines is 1. The SMILES string of the molecule is CC(C)(C)OC(=O)n1cc(B2OC(C)(C)C(C)(C)O2)cn1.CC(C)c1cc(C(C)C)c(-c2cccc(P(C3CCCCC3)C3CCCCC3)c2)c(C(C)C)c1.Nc1ccccc1-c1[c-]cccc1.O=c1n(Cc2ccccc2)cnn1-c1ccc(-c2cn[nH]c2)cc1.O=c1n(Cc2ccccc2)cnn1-c1ccc(Br)cc1.[Cl][Pd+]. The van der Waals surface area contributed by atoms with Gasteiger partial charge in [0.2, 0.25) is 0 Å². The molecule has 8 aromatic carbocycles. The van der Waals surface area contributed by atoms with Crippen molar-refractivity contribution in [3.8, 4) is 44.8 Å². The number of para-hydroxylation sites is 1. The number of nitrogen functional groups attached to an aromatic ring is 1. The molecule has 1 saturated heterocycles. The molecule has 3 fully saturated rings. The number of hydrogen-bond acceptors (Lipinski definition) is 11. The number of halogens is 2. The second-order valence-corrected chi connectivity index (χ2v) is 35.8. The average Bonchev–Trinajstić information content (AvgIpc) is 1.48. The number of hydrogen-bond donors (Lipinski definition) is 2. The fourth-order valence-electron chi connectivity index (χ4n) is 14.3. The first kappa shape index (κ1) is 87.6. The van der Waals surface area contributed by atoms with E-state index in [9.17, 15) is 14.4 Å². The standard InChI is InChI=1S/C33H49P.C18H15N5O.C15H12BrN3O.C14H23BN2O4.C12H10N.ClH.Pd/c1-23(2)27-21-31(24(3)4)33(32(22-27)25(5)6)26-14-13-19-30(20-26)34(28-15-9-7-10-16-28)29-17-11-8-12-18-29;24-18-22(12-14-4-2-1-3-5-14)13-21-23(18)17-8-6-15(7-9-17)16-10-19-20-11-16;16-13-6-8-14(9-7-13)19-15(20)18(11-17-19)10-12-4-2-1-3-5-12;1-12(2,3)19-11(18)17-9-10(8-16-17)15-20-13(4,5)14(6,7)21-15;13-12-9-5-4-8-11(12)10-6-2-1-3-7-10;;/h13-14,19-25,28-29H,7-12,15-18H2,1-6H3;1-11,13H,12H2,(H,19,20);1-9,11H,10H2;8-9H,1-7H3;1-6,8-9H,13H2;1H;/q;;;;-1;;+2/p-1. The maximum atomic E-state index is 12.5. The van der Waals surface area contributed by atoms with Gasteiger partial charge in [0, 0.05) is 34.1 Å². The zero-order valence-electron chi connectivity index (χ0n) is 68.0. The van der Waals surface area contributed by atoms with Gasteiger partial charge < -0.3 is 19.8 Å². The van der Waals surface area contributed by atoms with E-state index in [0.29, 0.717) is 36.3 Å². The molecule has 1 aliphatic heterocycles. The quantitative estimate of drug-likeness (QED) is 0.0404. The number of rotatable bonds is 16. The number of ether oxygens (including phenoxy) is 1. The molecular weight excluding hydrogens is 1620 g/mol. The van der Waals surface area contributed by atoms with Crippen LogP contribution in [0.2, 0.25) is 0 Å². The molecule has 0 radical (unpaired) electrons. The minimum absolute atomic E-state index is 0.0651. The number of carbonyl (C=O) groups is 1. The molecule has 114 heavy (non-hydrogen) atoms. The number of carbonyl (C=O) groups excluding carboxylic acids is 1. The number of nitrogens with two attached hydrogens (primary N) is 1. The van der Waals surface area contributed by atoms with Crippen molar-refractivity contribution in [2.24, 2.45) is 0 Å². The Morgan fingerprint density at radius 1 is 0.623 bits per heavy atom. The van der Waals surface area contributed by atoms with Crippen LogP contribution in [0, 0.1) is 6.07 Å². The molecule has 2 aliphatic carbocycles. The summed E-state index contributed by atoms with van der Waals surface area (Å²) >= 11 is 5.60. The fraction of sp³-hybridized carbons (Fsp3) is 0.359. The van der Waals surface area contributed by atoms with Crippen LogP contribution in [0.1, 0.15) is 200 Å². The van der Waals surface area contributed by atoms with Crippen molar-refractivity contribution in [2.75, 3.05) is 5.73 Å². The molecular formula is C92H109BBrClN11O6PPd. The second-order valence-electron chi connectivity index (χ2n) is 32.1. The van der Waals surface area contributed by atoms with Crippen molar-refractivity contribution in [1.29, 1.82) is 0 Å². The molecule has 0 bridgehead atoms. The van der Waals surface area contributed by atoms with Crippen LogP contribution in [-0.2, 0) is 45.3 Å². The van der Waals surface area contributed by atoms with Gasteiger partial charge in [-0.05, 0) is 207 Å². The van der Waals surface area contributed by atoms with Crippen LogP contribution < -0.4 is 27.9 Å². The summed E-state index contributed by atoms with van der Waals surface area (Å²) in [6, 6.07) is 68.7. The minimum atomic E-state index is -0.562. The van der Waals surface area contributed by atoms with Crippen LogP contribution in [0.5, 0.6) is 0 Å². The predicted octanol–water partition coefficient (Wildman–Crippen LogP) is 21.2. The molecule has 0 unspecified atom stereocenters. The van der Waals surface area contributed by atoms with E-state index in [4.69, 9.17) is 19.8 Å². The van der Waals surface area contributed by atoms with E-state index in [0.717, 1.165) is 70.9 Å². The van der Waals surface area contributed by atoms with Crippen molar-refractivity contribution in [3.63, 3.8) is 0 Å².